The average molecular weight is 307 g/mol. The average Bonchev–Trinajstić information content (AvgIpc) is 3.07. The van der Waals surface area contributed by atoms with Crippen LogP contribution >= 0.6 is 11.3 Å². The fraction of sp³-hybridized carbons (Fsp3) is 0.429. The van der Waals surface area contributed by atoms with E-state index in [1.54, 1.807) is 25.2 Å². The minimum Gasteiger partial charge on any atom is -0.377 e. The molecule has 2 heterocycles. The van der Waals surface area contributed by atoms with Crippen LogP contribution in [0.15, 0.2) is 18.2 Å². The fourth-order valence-electron chi connectivity index (χ4n) is 2.62. The number of methoxy groups -OCH3 is 2. The number of nitrogens with zero attached hydrogens (tertiary/aromatic N) is 2. The maximum atomic E-state index is 12.6. The molecule has 6 nitrogen and oxygen atoms in total. The second-order valence-corrected chi connectivity index (χ2v) is 6.06. The quantitative estimate of drug-likeness (QED) is 0.926. The van der Waals surface area contributed by atoms with Gasteiger partial charge in [0.2, 0.25) is 0 Å². The summed E-state index contributed by atoms with van der Waals surface area (Å²) in [5.74, 6) is -0.0227. The number of fused-ring (bicyclic) bond motifs is 1. The number of thiazole rings is 1. The Bertz CT molecular complexity index is 661. The molecule has 21 heavy (non-hydrogen) atoms. The number of nitrogens with two attached hydrogens (primary N) is 1. The summed E-state index contributed by atoms with van der Waals surface area (Å²) in [7, 11) is 3.27. The van der Waals surface area contributed by atoms with E-state index in [2.05, 4.69) is 4.98 Å². The van der Waals surface area contributed by atoms with E-state index in [-0.39, 0.29) is 18.1 Å². The molecule has 7 heteroatoms. The van der Waals surface area contributed by atoms with Crippen molar-refractivity contribution in [1.82, 2.24) is 9.88 Å². The van der Waals surface area contributed by atoms with Gasteiger partial charge in [0.1, 0.15) is 12.2 Å². The van der Waals surface area contributed by atoms with Crippen molar-refractivity contribution in [2.24, 2.45) is 0 Å². The summed E-state index contributed by atoms with van der Waals surface area (Å²) in [5.41, 5.74) is 7.15. The predicted octanol–water partition coefficient (Wildman–Crippen LogP) is 1.36. The Hall–Kier alpha value is -1.70. The first-order chi connectivity index (χ1) is 10.1. The van der Waals surface area contributed by atoms with Crippen molar-refractivity contribution in [1.29, 1.82) is 0 Å². The molecule has 1 aromatic carbocycles. The number of likely N-dealkylation sites (tertiary alicyclic amines) is 1. The first kappa shape index (κ1) is 14.2. The van der Waals surface area contributed by atoms with Gasteiger partial charge in [0, 0.05) is 32.9 Å². The van der Waals surface area contributed by atoms with Gasteiger partial charge in [0.25, 0.3) is 5.91 Å². The predicted molar refractivity (Wildman–Crippen MR) is 81.5 cm³/mol. The van der Waals surface area contributed by atoms with Gasteiger partial charge >= 0.3 is 0 Å². The Kier molecular flexibility index (Phi) is 3.79. The van der Waals surface area contributed by atoms with Crippen molar-refractivity contribution in [3.63, 3.8) is 0 Å². The second-order valence-electron chi connectivity index (χ2n) is 4.99. The SMILES string of the molecule is COC1CN(C(=O)c2ccc3nc(N)sc3c2)CC1OC. The van der Waals surface area contributed by atoms with Crippen LogP contribution in [0.4, 0.5) is 5.13 Å². The summed E-state index contributed by atoms with van der Waals surface area (Å²) in [6.45, 7) is 1.08. The van der Waals surface area contributed by atoms with Crippen LogP contribution in [0.25, 0.3) is 10.2 Å². The zero-order valence-corrected chi connectivity index (χ0v) is 12.7. The molecule has 2 N–H and O–H groups in total. The van der Waals surface area contributed by atoms with Gasteiger partial charge in [-0.15, -0.1) is 0 Å². The molecule has 0 radical (unpaired) electrons. The number of aromatic nitrogens is 1. The summed E-state index contributed by atoms with van der Waals surface area (Å²) in [6.07, 6.45) is -0.163. The van der Waals surface area contributed by atoms with Crippen molar-refractivity contribution in [3.05, 3.63) is 23.8 Å². The molecular formula is C14H17N3O3S. The molecule has 0 saturated carbocycles. The number of hydrogen-bond acceptors (Lipinski definition) is 6. The summed E-state index contributed by atoms with van der Waals surface area (Å²) >= 11 is 1.38. The van der Waals surface area contributed by atoms with Crippen LogP contribution in [0.1, 0.15) is 10.4 Å². The third-order valence-corrected chi connectivity index (χ3v) is 4.61. The number of anilines is 1. The van der Waals surface area contributed by atoms with Crippen molar-refractivity contribution < 1.29 is 14.3 Å². The molecule has 0 bridgehead atoms. The minimum atomic E-state index is -0.0817. The van der Waals surface area contributed by atoms with Crippen molar-refractivity contribution >= 4 is 32.6 Å². The minimum absolute atomic E-state index is 0.0227. The zero-order chi connectivity index (χ0) is 15.0. The maximum Gasteiger partial charge on any atom is 0.254 e. The lowest BCUT2D eigenvalue weighted by molar-refractivity contribution is -0.00461. The number of ether oxygens (including phenoxy) is 2. The van der Waals surface area contributed by atoms with Crippen LogP contribution in [0, 0.1) is 0 Å². The van der Waals surface area contributed by atoms with E-state index in [0.29, 0.717) is 23.8 Å². The van der Waals surface area contributed by atoms with Crippen LogP contribution in [0.2, 0.25) is 0 Å². The molecule has 2 unspecified atom stereocenters. The van der Waals surface area contributed by atoms with E-state index in [4.69, 9.17) is 15.2 Å². The first-order valence-electron chi connectivity index (χ1n) is 6.63. The monoisotopic (exact) mass is 307 g/mol. The summed E-state index contributed by atoms with van der Waals surface area (Å²) < 4.78 is 11.6. The molecule has 1 aromatic heterocycles. The van der Waals surface area contributed by atoms with E-state index in [1.165, 1.54) is 11.3 Å². The molecular weight excluding hydrogens is 290 g/mol. The Morgan fingerprint density at radius 1 is 1.33 bits per heavy atom. The summed E-state index contributed by atoms with van der Waals surface area (Å²) in [4.78, 5) is 18.5. The van der Waals surface area contributed by atoms with Crippen LogP contribution in [-0.2, 0) is 9.47 Å². The summed E-state index contributed by atoms with van der Waals surface area (Å²) in [6, 6.07) is 5.45. The first-order valence-corrected chi connectivity index (χ1v) is 7.45. The Morgan fingerprint density at radius 3 is 2.62 bits per heavy atom. The number of benzene rings is 1. The van der Waals surface area contributed by atoms with Crippen molar-refractivity contribution in [3.8, 4) is 0 Å². The highest BCUT2D eigenvalue weighted by atomic mass is 32.1. The van der Waals surface area contributed by atoms with Crippen LogP contribution in [0.5, 0.6) is 0 Å². The highest BCUT2D eigenvalue weighted by Crippen LogP contribution is 2.26. The van der Waals surface area contributed by atoms with Gasteiger partial charge in [-0.1, -0.05) is 11.3 Å². The summed E-state index contributed by atoms with van der Waals surface area (Å²) in [5, 5.41) is 0.509. The molecule has 112 valence electrons. The molecule has 2 atom stereocenters. The van der Waals surface area contributed by atoms with Crippen LogP contribution in [-0.4, -0.2) is 55.3 Å². The van der Waals surface area contributed by atoms with Crippen molar-refractivity contribution in [2.45, 2.75) is 12.2 Å². The number of nitrogen functional groups attached to an aromatic ring is 1. The highest BCUT2D eigenvalue weighted by Gasteiger charge is 2.35. The maximum absolute atomic E-state index is 12.6. The lowest BCUT2D eigenvalue weighted by Crippen LogP contribution is -2.30. The number of hydrogen-bond donors (Lipinski definition) is 1. The molecule has 1 amide bonds. The van der Waals surface area contributed by atoms with Gasteiger partial charge in [0.05, 0.1) is 10.2 Å². The lowest BCUT2D eigenvalue weighted by Gasteiger charge is -2.15. The smallest absolute Gasteiger partial charge is 0.254 e. The van der Waals surface area contributed by atoms with Crippen LogP contribution in [0.3, 0.4) is 0 Å². The van der Waals surface area contributed by atoms with Gasteiger partial charge in [-0.05, 0) is 18.2 Å². The molecule has 0 aliphatic carbocycles. The molecule has 3 rings (SSSR count). The van der Waals surface area contributed by atoms with Gasteiger partial charge in [0.15, 0.2) is 5.13 Å². The van der Waals surface area contributed by atoms with E-state index >= 15 is 0 Å². The number of carbonyl (C=O) groups excluding carboxylic acids is 1. The molecule has 2 aromatic rings. The van der Waals surface area contributed by atoms with Gasteiger partial charge in [-0.25, -0.2) is 4.98 Å². The van der Waals surface area contributed by atoms with E-state index in [0.717, 1.165) is 10.2 Å². The number of rotatable bonds is 3. The van der Waals surface area contributed by atoms with E-state index in [1.807, 2.05) is 12.1 Å². The topological polar surface area (TPSA) is 77.7 Å². The van der Waals surface area contributed by atoms with Gasteiger partial charge in [-0.2, -0.15) is 0 Å². The Labute approximate surface area is 126 Å². The van der Waals surface area contributed by atoms with Crippen molar-refractivity contribution in [2.75, 3.05) is 33.0 Å². The number of amides is 1. The Morgan fingerprint density at radius 2 is 2.00 bits per heavy atom. The Balaban J connectivity index is 1.83. The molecule has 0 spiro atoms. The largest absolute Gasteiger partial charge is 0.377 e. The third-order valence-electron chi connectivity index (χ3n) is 3.76. The number of carbonyl (C=O) groups is 1. The molecule has 1 fully saturated rings. The lowest BCUT2D eigenvalue weighted by atomic mass is 10.2. The normalized spacial score (nSPS) is 22.1. The molecule has 1 aliphatic rings. The van der Waals surface area contributed by atoms with Gasteiger partial charge < -0.3 is 20.1 Å². The highest BCUT2D eigenvalue weighted by molar-refractivity contribution is 7.22. The standard InChI is InChI=1S/C14H17N3O3S/c1-19-10-6-17(7-11(10)20-2)13(18)8-3-4-9-12(5-8)21-14(15)16-9/h3-5,10-11H,6-7H2,1-2H3,(H2,15,16). The molecule has 1 aliphatic heterocycles. The van der Waals surface area contributed by atoms with Gasteiger partial charge in [-0.3, -0.25) is 4.79 Å². The second kappa shape index (κ2) is 5.59. The van der Waals surface area contributed by atoms with E-state index in [9.17, 15) is 4.79 Å². The zero-order valence-electron chi connectivity index (χ0n) is 11.9. The molecule has 1 saturated heterocycles. The third kappa shape index (κ3) is 2.59. The fourth-order valence-corrected chi connectivity index (χ4v) is 3.39. The van der Waals surface area contributed by atoms with Crippen LogP contribution < -0.4 is 5.73 Å². The van der Waals surface area contributed by atoms with E-state index < -0.39 is 0 Å².